The maximum absolute atomic E-state index is 13.5. The molecule has 0 atom stereocenters. The highest BCUT2D eigenvalue weighted by Gasteiger charge is 2.22. The molecule has 112 valence electrons. The van der Waals surface area contributed by atoms with Crippen LogP contribution in [-0.4, -0.2) is 17.6 Å². The lowest BCUT2D eigenvalue weighted by Gasteiger charge is -2.22. The van der Waals surface area contributed by atoms with Gasteiger partial charge < -0.3 is 16.3 Å². The van der Waals surface area contributed by atoms with E-state index in [-0.39, 0.29) is 17.1 Å². The average Bonchev–Trinajstić information content (AvgIpc) is 2.39. The van der Waals surface area contributed by atoms with Gasteiger partial charge in [-0.2, -0.15) is 0 Å². The minimum atomic E-state index is -0.351. The Morgan fingerprint density at radius 1 is 1.50 bits per heavy atom. The summed E-state index contributed by atoms with van der Waals surface area (Å²) in [5.41, 5.74) is 7.04. The Kier molecular flexibility index (Phi) is 5.80. The lowest BCUT2D eigenvalue weighted by molar-refractivity contribution is 0.305. The number of nitrogens with zero attached hydrogens (tertiary/aromatic N) is 1. The van der Waals surface area contributed by atoms with Crippen LogP contribution < -0.4 is 11.1 Å². The molecule has 0 fully saturated rings. The van der Waals surface area contributed by atoms with E-state index in [2.05, 4.69) is 26.4 Å². The maximum atomic E-state index is 13.5. The summed E-state index contributed by atoms with van der Waals surface area (Å²) >= 11 is 3.16. The summed E-state index contributed by atoms with van der Waals surface area (Å²) in [5.74, 6) is -0.0570. The van der Waals surface area contributed by atoms with E-state index in [4.69, 9.17) is 10.9 Å². The fourth-order valence-electron chi connectivity index (χ4n) is 1.85. The summed E-state index contributed by atoms with van der Waals surface area (Å²) in [6, 6.07) is 3.23. The van der Waals surface area contributed by atoms with E-state index in [1.807, 2.05) is 20.8 Å². The molecule has 1 aromatic carbocycles. The van der Waals surface area contributed by atoms with Gasteiger partial charge in [0.05, 0.1) is 4.47 Å². The summed E-state index contributed by atoms with van der Waals surface area (Å²) in [4.78, 5) is 0. The zero-order valence-electron chi connectivity index (χ0n) is 12.0. The summed E-state index contributed by atoms with van der Waals surface area (Å²) in [6.45, 7) is 6.47. The first kappa shape index (κ1) is 16.8. The third-order valence-electron chi connectivity index (χ3n) is 3.36. The minimum absolute atomic E-state index is 0.225. The number of hydrogen-bond acceptors (Lipinski definition) is 3. The quantitative estimate of drug-likeness (QED) is 0.241. The number of hydrogen-bond donors (Lipinski definition) is 3. The van der Waals surface area contributed by atoms with Crippen LogP contribution in [0.4, 0.5) is 10.1 Å². The number of oxime groups is 1. The Balaban J connectivity index is 2.52. The standard InChI is InChI=1S/C14H21BrFN3O/c1-9-7-10(15)11(16)8-12(9)18-6-4-5-14(2,3)13(17)19-20/h7-8,18,20H,4-6H2,1-3H3,(H2,17,19). The van der Waals surface area contributed by atoms with Crippen LogP contribution in [0.15, 0.2) is 21.8 Å². The van der Waals surface area contributed by atoms with Crippen LogP contribution in [0.1, 0.15) is 32.3 Å². The van der Waals surface area contributed by atoms with Gasteiger partial charge in [-0.25, -0.2) is 4.39 Å². The highest BCUT2D eigenvalue weighted by molar-refractivity contribution is 9.10. The number of nitrogens with two attached hydrogens (primary N) is 1. The molecule has 0 unspecified atom stereocenters. The van der Waals surface area contributed by atoms with Gasteiger partial charge in [-0.05, 0) is 53.4 Å². The molecule has 0 bridgehead atoms. The van der Waals surface area contributed by atoms with Gasteiger partial charge in [0.1, 0.15) is 11.7 Å². The molecule has 0 aliphatic carbocycles. The van der Waals surface area contributed by atoms with Crippen molar-refractivity contribution in [3.63, 3.8) is 0 Å². The smallest absolute Gasteiger partial charge is 0.144 e. The molecule has 0 saturated heterocycles. The Morgan fingerprint density at radius 2 is 2.15 bits per heavy atom. The molecule has 0 radical (unpaired) electrons. The lowest BCUT2D eigenvalue weighted by Crippen LogP contribution is -2.32. The first-order valence-corrected chi connectivity index (χ1v) is 7.25. The third-order valence-corrected chi connectivity index (χ3v) is 3.97. The second-order valence-electron chi connectivity index (χ2n) is 5.48. The highest BCUT2D eigenvalue weighted by atomic mass is 79.9. The normalized spacial score (nSPS) is 12.6. The number of rotatable bonds is 6. The molecule has 1 aromatic rings. The SMILES string of the molecule is Cc1cc(Br)c(F)cc1NCCCC(C)(C)/C(N)=N/O. The van der Waals surface area contributed by atoms with Gasteiger partial charge in [0, 0.05) is 17.6 Å². The first-order valence-electron chi connectivity index (χ1n) is 6.45. The van der Waals surface area contributed by atoms with Crippen molar-refractivity contribution in [2.45, 2.75) is 33.6 Å². The maximum Gasteiger partial charge on any atom is 0.144 e. The van der Waals surface area contributed by atoms with Gasteiger partial charge >= 0.3 is 0 Å². The molecule has 20 heavy (non-hydrogen) atoms. The van der Waals surface area contributed by atoms with Gasteiger partial charge in [-0.1, -0.05) is 19.0 Å². The van der Waals surface area contributed by atoms with Crippen LogP contribution in [0, 0.1) is 18.2 Å². The number of amidine groups is 1. The molecular formula is C14H21BrFN3O. The number of halogens is 2. The number of nitrogens with one attached hydrogen (secondary N) is 1. The Labute approximate surface area is 127 Å². The topological polar surface area (TPSA) is 70.6 Å². The summed E-state index contributed by atoms with van der Waals surface area (Å²) in [5, 5.41) is 15.0. The van der Waals surface area contributed by atoms with Crippen LogP contribution in [0.3, 0.4) is 0 Å². The molecule has 6 heteroatoms. The van der Waals surface area contributed by atoms with Crippen molar-refractivity contribution in [1.82, 2.24) is 0 Å². The predicted molar refractivity (Wildman–Crippen MR) is 83.8 cm³/mol. The van der Waals surface area contributed by atoms with Crippen LogP contribution in [0.25, 0.3) is 0 Å². The molecule has 0 saturated carbocycles. The van der Waals surface area contributed by atoms with Crippen LogP contribution in [0.5, 0.6) is 0 Å². The second kappa shape index (κ2) is 6.92. The van der Waals surface area contributed by atoms with Crippen molar-refractivity contribution in [2.75, 3.05) is 11.9 Å². The summed E-state index contributed by atoms with van der Waals surface area (Å²) in [7, 11) is 0. The van der Waals surface area contributed by atoms with Crippen LogP contribution >= 0.6 is 15.9 Å². The van der Waals surface area contributed by atoms with Crippen molar-refractivity contribution in [3.8, 4) is 0 Å². The zero-order valence-corrected chi connectivity index (χ0v) is 13.6. The third kappa shape index (κ3) is 4.37. The van der Waals surface area contributed by atoms with E-state index >= 15 is 0 Å². The first-order chi connectivity index (χ1) is 9.27. The van der Waals surface area contributed by atoms with Gasteiger partial charge in [-0.15, -0.1) is 0 Å². The van der Waals surface area contributed by atoms with E-state index in [1.165, 1.54) is 6.07 Å². The molecule has 0 spiro atoms. The zero-order chi connectivity index (χ0) is 15.3. The van der Waals surface area contributed by atoms with Crippen molar-refractivity contribution >= 4 is 27.5 Å². The highest BCUT2D eigenvalue weighted by Crippen LogP contribution is 2.25. The molecule has 0 aliphatic heterocycles. The Morgan fingerprint density at radius 3 is 2.75 bits per heavy atom. The van der Waals surface area contributed by atoms with E-state index in [1.54, 1.807) is 6.07 Å². The molecular weight excluding hydrogens is 325 g/mol. The van der Waals surface area contributed by atoms with E-state index in [9.17, 15) is 4.39 Å². The molecule has 4 N–H and O–H groups in total. The Hall–Kier alpha value is -1.30. The van der Waals surface area contributed by atoms with Crippen molar-refractivity contribution < 1.29 is 9.60 Å². The van der Waals surface area contributed by atoms with Gasteiger partial charge in [0.2, 0.25) is 0 Å². The van der Waals surface area contributed by atoms with Gasteiger partial charge in [0.15, 0.2) is 0 Å². The van der Waals surface area contributed by atoms with Gasteiger partial charge in [-0.3, -0.25) is 0 Å². The van der Waals surface area contributed by atoms with E-state index in [0.29, 0.717) is 11.0 Å². The molecule has 1 rings (SSSR count). The minimum Gasteiger partial charge on any atom is -0.409 e. The van der Waals surface area contributed by atoms with Crippen molar-refractivity contribution in [3.05, 3.63) is 28.0 Å². The molecule has 0 amide bonds. The van der Waals surface area contributed by atoms with Crippen LogP contribution in [0.2, 0.25) is 0 Å². The number of aryl methyl sites for hydroxylation is 1. The predicted octanol–water partition coefficient (Wildman–Crippen LogP) is 3.86. The van der Waals surface area contributed by atoms with Crippen molar-refractivity contribution in [2.24, 2.45) is 16.3 Å². The molecule has 4 nitrogen and oxygen atoms in total. The number of benzene rings is 1. The summed E-state index contributed by atoms with van der Waals surface area (Å²) in [6.07, 6.45) is 1.61. The fourth-order valence-corrected chi connectivity index (χ4v) is 2.31. The lowest BCUT2D eigenvalue weighted by atomic mass is 9.86. The molecule has 0 heterocycles. The van der Waals surface area contributed by atoms with Crippen molar-refractivity contribution in [1.29, 1.82) is 0 Å². The fraction of sp³-hybridized carbons (Fsp3) is 0.500. The Bertz CT molecular complexity index is 503. The average molecular weight is 346 g/mol. The van der Waals surface area contributed by atoms with Gasteiger partial charge in [0.25, 0.3) is 0 Å². The van der Waals surface area contributed by atoms with Crippen LogP contribution in [-0.2, 0) is 0 Å². The summed E-state index contributed by atoms with van der Waals surface area (Å²) < 4.78 is 13.9. The molecule has 0 aliphatic rings. The van der Waals surface area contributed by atoms with E-state index in [0.717, 1.165) is 24.1 Å². The monoisotopic (exact) mass is 345 g/mol. The van der Waals surface area contributed by atoms with E-state index < -0.39 is 0 Å². The largest absolute Gasteiger partial charge is 0.409 e. The molecule has 0 aromatic heterocycles. The number of anilines is 1. The second-order valence-corrected chi connectivity index (χ2v) is 6.34.